The molecule has 0 spiro atoms. The molecule has 0 amide bonds. The SMILES string of the molecule is CCC(=Nc1cccc(C(F)(F)F)c1)c1c(O)n(Cc2ccccc2)c(=O)[nH]c1=O. The molecule has 0 radical (unpaired) electrons. The molecule has 156 valence electrons. The number of aromatic nitrogens is 2. The van der Waals surface area contributed by atoms with E-state index in [2.05, 4.69) is 9.98 Å². The average Bonchev–Trinajstić information content (AvgIpc) is 2.70. The summed E-state index contributed by atoms with van der Waals surface area (Å²) in [4.78, 5) is 30.9. The molecule has 3 rings (SSSR count). The van der Waals surface area contributed by atoms with Crippen LogP contribution in [0.3, 0.4) is 0 Å². The van der Waals surface area contributed by atoms with Crippen molar-refractivity contribution in [1.29, 1.82) is 0 Å². The van der Waals surface area contributed by atoms with Crippen molar-refractivity contribution in [3.63, 3.8) is 0 Å². The van der Waals surface area contributed by atoms with Crippen molar-refractivity contribution in [1.82, 2.24) is 9.55 Å². The number of aromatic hydroxyl groups is 1. The number of hydrogen-bond donors (Lipinski definition) is 2. The van der Waals surface area contributed by atoms with Gasteiger partial charge in [-0.25, -0.2) is 4.79 Å². The fourth-order valence-corrected chi connectivity index (χ4v) is 2.95. The van der Waals surface area contributed by atoms with Gasteiger partial charge in [-0.1, -0.05) is 43.3 Å². The smallest absolute Gasteiger partial charge is 0.416 e. The zero-order valence-electron chi connectivity index (χ0n) is 15.9. The molecule has 0 aliphatic heterocycles. The van der Waals surface area contributed by atoms with Crippen LogP contribution in [0.5, 0.6) is 5.88 Å². The van der Waals surface area contributed by atoms with Crippen LogP contribution in [0.1, 0.15) is 30.0 Å². The lowest BCUT2D eigenvalue weighted by molar-refractivity contribution is -0.137. The van der Waals surface area contributed by atoms with Crippen LogP contribution in [0.4, 0.5) is 18.9 Å². The molecule has 9 heteroatoms. The van der Waals surface area contributed by atoms with Gasteiger partial charge in [0.2, 0.25) is 5.88 Å². The van der Waals surface area contributed by atoms with E-state index < -0.39 is 28.9 Å². The van der Waals surface area contributed by atoms with E-state index in [1.54, 1.807) is 37.3 Å². The number of benzene rings is 2. The van der Waals surface area contributed by atoms with Gasteiger partial charge in [0.25, 0.3) is 5.56 Å². The number of H-pyrrole nitrogens is 1. The van der Waals surface area contributed by atoms with Gasteiger partial charge in [-0.05, 0) is 30.2 Å². The van der Waals surface area contributed by atoms with Crippen molar-refractivity contribution in [3.8, 4) is 5.88 Å². The number of nitrogens with one attached hydrogen (secondary N) is 1. The molecule has 0 unspecified atom stereocenters. The highest BCUT2D eigenvalue weighted by Gasteiger charge is 2.30. The fraction of sp³-hybridized carbons (Fsp3) is 0.190. The first-order valence-electron chi connectivity index (χ1n) is 9.06. The standard InChI is InChI=1S/C21H18F3N3O3/c1-2-16(25-15-10-6-9-14(11-15)21(22,23)24)17-18(28)26-20(30)27(19(17)29)12-13-7-4-3-5-8-13/h3-11,29H,2,12H2,1H3,(H,26,28,30). The number of hydrogen-bond acceptors (Lipinski definition) is 4. The van der Waals surface area contributed by atoms with E-state index in [1.807, 2.05) is 0 Å². The van der Waals surface area contributed by atoms with Gasteiger partial charge < -0.3 is 5.11 Å². The number of alkyl halides is 3. The maximum absolute atomic E-state index is 13.0. The van der Waals surface area contributed by atoms with E-state index in [0.29, 0.717) is 5.56 Å². The topological polar surface area (TPSA) is 87.4 Å². The fourth-order valence-electron chi connectivity index (χ4n) is 2.95. The Labute approximate surface area is 169 Å². The van der Waals surface area contributed by atoms with E-state index in [4.69, 9.17) is 0 Å². The van der Waals surface area contributed by atoms with Gasteiger partial charge in [-0.3, -0.25) is 19.3 Å². The lowest BCUT2D eigenvalue weighted by Crippen LogP contribution is -2.34. The molecule has 0 aliphatic carbocycles. The summed E-state index contributed by atoms with van der Waals surface area (Å²) in [7, 11) is 0. The van der Waals surface area contributed by atoms with Crippen molar-refractivity contribution in [2.75, 3.05) is 0 Å². The molecular formula is C21H18F3N3O3. The summed E-state index contributed by atoms with van der Waals surface area (Å²) in [5.74, 6) is -0.597. The van der Waals surface area contributed by atoms with E-state index in [9.17, 15) is 27.9 Å². The Hall–Kier alpha value is -3.62. The summed E-state index contributed by atoms with van der Waals surface area (Å²) in [6.07, 6.45) is -4.41. The van der Waals surface area contributed by atoms with E-state index in [0.717, 1.165) is 16.7 Å². The van der Waals surface area contributed by atoms with E-state index in [-0.39, 0.29) is 29.9 Å². The zero-order valence-corrected chi connectivity index (χ0v) is 15.9. The van der Waals surface area contributed by atoms with Gasteiger partial charge in [0.05, 0.1) is 23.5 Å². The Balaban J connectivity index is 2.11. The molecule has 1 aromatic heterocycles. The molecule has 0 atom stereocenters. The van der Waals surface area contributed by atoms with Crippen LogP contribution < -0.4 is 11.2 Å². The number of nitrogens with zero attached hydrogens (tertiary/aromatic N) is 2. The summed E-state index contributed by atoms with van der Waals surface area (Å²) in [5, 5.41) is 10.7. The highest BCUT2D eigenvalue weighted by atomic mass is 19.4. The largest absolute Gasteiger partial charge is 0.494 e. The Kier molecular flexibility index (Phi) is 5.91. The van der Waals surface area contributed by atoms with Gasteiger partial charge in [-0.15, -0.1) is 0 Å². The number of halogens is 3. The maximum atomic E-state index is 13.0. The van der Waals surface area contributed by atoms with Crippen molar-refractivity contribution in [2.45, 2.75) is 26.1 Å². The second-order valence-electron chi connectivity index (χ2n) is 6.49. The first-order chi connectivity index (χ1) is 14.2. The van der Waals surface area contributed by atoms with Crippen molar-refractivity contribution >= 4 is 11.4 Å². The maximum Gasteiger partial charge on any atom is 0.416 e. The van der Waals surface area contributed by atoms with Crippen molar-refractivity contribution < 1.29 is 18.3 Å². The van der Waals surface area contributed by atoms with Crippen LogP contribution in [-0.4, -0.2) is 20.4 Å². The summed E-state index contributed by atoms with van der Waals surface area (Å²) >= 11 is 0. The molecule has 6 nitrogen and oxygen atoms in total. The van der Waals surface area contributed by atoms with Crippen LogP contribution in [0.2, 0.25) is 0 Å². The van der Waals surface area contributed by atoms with Crippen molar-refractivity contribution in [3.05, 3.63) is 92.1 Å². The zero-order chi connectivity index (χ0) is 21.9. The summed E-state index contributed by atoms with van der Waals surface area (Å²) < 4.78 is 39.9. The quantitative estimate of drug-likeness (QED) is 0.619. The lowest BCUT2D eigenvalue weighted by atomic mass is 10.1. The molecule has 30 heavy (non-hydrogen) atoms. The van der Waals surface area contributed by atoms with Gasteiger partial charge in [0.15, 0.2) is 0 Å². The lowest BCUT2D eigenvalue weighted by Gasteiger charge is -2.13. The van der Waals surface area contributed by atoms with Crippen LogP contribution in [-0.2, 0) is 12.7 Å². The van der Waals surface area contributed by atoms with E-state index in [1.165, 1.54) is 12.1 Å². The minimum atomic E-state index is -4.54. The van der Waals surface area contributed by atoms with Gasteiger partial charge in [-0.2, -0.15) is 13.2 Å². The van der Waals surface area contributed by atoms with Gasteiger partial charge >= 0.3 is 11.9 Å². The third-order valence-electron chi connectivity index (χ3n) is 4.42. The molecule has 0 saturated carbocycles. The number of aliphatic imine (C=N–C) groups is 1. The Morgan fingerprint density at radius 3 is 2.43 bits per heavy atom. The second kappa shape index (κ2) is 8.40. The molecular weight excluding hydrogens is 399 g/mol. The minimum absolute atomic E-state index is 0.00413. The van der Waals surface area contributed by atoms with E-state index >= 15 is 0 Å². The molecule has 2 aromatic carbocycles. The molecule has 0 bridgehead atoms. The summed E-state index contributed by atoms with van der Waals surface area (Å²) in [5.41, 5.74) is -2.08. The Morgan fingerprint density at radius 2 is 1.80 bits per heavy atom. The first kappa shape index (κ1) is 21.1. The summed E-state index contributed by atoms with van der Waals surface area (Å²) in [6, 6.07) is 13.1. The molecule has 0 fully saturated rings. The normalized spacial score (nSPS) is 12.2. The third kappa shape index (κ3) is 4.51. The number of aromatic amines is 1. The molecule has 3 aromatic rings. The molecule has 0 aliphatic rings. The highest BCUT2D eigenvalue weighted by molar-refractivity contribution is 6.03. The van der Waals surface area contributed by atoms with Gasteiger partial charge in [0.1, 0.15) is 5.56 Å². The average molecular weight is 417 g/mol. The predicted octanol–water partition coefficient (Wildman–Crippen LogP) is 3.84. The molecule has 1 heterocycles. The predicted molar refractivity (Wildman–Crippen MR) is 106 cm³/mol. The van der Waals surface area contributed by atoms with Gasteiger partial charge in [0, 0.05) is 0 Å². The highest BCUT2D eigenvalue weighted by Crippen LogP contribution is 2.31. The second-order valence-corrected chi connectivity index (χ2v) is 6.49. The van der Waals surface area contributed by atoms with Crippen LogP contribution in [0, 0.1) is 0 Å². The molecule has 2 N–H and O–H groups in total. The monoisotopic (exact) mass is 417 g/mol. The Bertz CT molecular complexity index is 1200. The third-order valence-corrected chi connectivity index (χ3v) is 4.42. The van der Waals surface area contributed by atoms with Crippen molar-refractivity contribution in [2.24, 2.45) is 4.99 Å². The van der Waals surface area contributed by atoms with Crippen LogP contribution in [0.15, 0.2) is 69.2 Å². The summed E-state index contributed by atoms with van der Waals surface area (Å²) in [6.45, 7) is 1.63. The Morgan fingerprint density at radius 1 is 1.10 bits per heavy atom. The minimum Gasteiger partial charge on any atom is -0.494 e. The van der Waals surface area contributed by atoms with Crippen LogP contribution in [0.25, 0.3) is 0 Å². The van der Waals surface area contributed by atoms with Crippen LogP contribution >= 0.6 is 0 Å². The number of rotatable bonds is 5. The first-order valence-corrected chi connectivity index (χ1v) is 9.06. The molecule has 0 saturated heterocycles.